The first-order valence-corrected chi connectivity index (χ1v) is 8.56. The average Bonchev–Trinajstić information content (AvgIpc) is 2.50. The highest BCUT2D eigenvalue weighted by Crippen LogP contribution is 2.35. The Labute approximate surface area is 117 Å². The van der Waals surface area contributed by atoms with E-state index in [0.717, 1.165) is 25.3 Å². The van der Waals surface area contributed by atoms with Gasteiger partial charge in [0.1, 0.15) is 0 Å². The molecule has 3 nitrogen and oxygen atoms in total. The van der Waals surface area contributed by atoms with Crippen LogP contribution in [0.25, 0.3) is 0 Å². The minimum absolute atomic E-state index is 1.01. The van der Waals surface area contributed by atoms with Gasteiger partial charge in [-0.25, -0.2) is 0 Å². The minimum Gasteiger partial charge on any atom is -0.301 e. The van der Waals surface area contributed by atoms with E-state index in [4.69, 9.17) is 4.74 Å². The molecule has 6 fully saturated rings. The van der Waals surface area contributed by atoms with E-state index in [1.807, 2.05) is 0 Å². The maximum atomic E-state index is 6.29. The summed E-state index contributed by atoms with van der Waals surface area (Å²) in [5, 5.41) is 0. The molecule has 0 radical (unpaired) electrons. The number of hydrogen-bond donors (Lipinski definition) is 0. The quantitative estimate of drug-likeness (QED) is 0.709. The Hall–Kier alpha value is -0.120. The predicted octanol–water partition coefficient (Wildman–Crippen LogP) is 2.18. The number of hydrogen-bond acceptors (Lipinski definition) is 1. The Morgan fingerprint density at radius 3 is 1.21 bits per heavy atom. The third-order valence-electron chi connectivity index (χ3n) is 6.80. The molecule has 0 saturated carbocycles. The molecular formula is C16H30N2O+2. The molecule has 19 heavy (non-hydrogen) atoms. The Morgan fingerprint density at radius 2 is 0.895 bits per heavy atom. The number of nitrogens with zero attached hydrogens (tertiary/aromatic N) is 2. The van der Waals surface area contributed by atoms with Crippen molar-refractivity contribution in [1.82, 2.24) is 0 Å². The van der Waals surface area contributed by atoms with Gasteiger partial charge in [0, 0.05) is 0 Å². The molecule has 3 heteroatoms. The fraction of sp³-hybridized carbons (Fsp3) is 1.00. The third kappa shape index (κ3) is 2.34. The van der Waals surface area contributed by atoms with Gasteiger partial charge in [0.05, 0.1) is 39.3 Å². The summed E-state index contributed by atoms with van der Waals surface area (Å²) in [5.74, 6) is 2.12. The van der Waals surface area contributed by atoms with Gasteiger partial charge in [0.25, 0.3) is 0 Å². The maximum absolute atomic E-state index is 6.29. The number of fused-ring (bicyclic) bond motifs is 6. The van der Waals surface area contributed by atoms with Gasteiger partial charge in [-0.15, -0.1) is 0 Å². The molecule has 6 aliphatic heterocycles. The fourth-order valence-electron chi connectivity index (χ4n) is 5.09. The number of quaternary nitrogens is 2. The monoisotopic (exact) mass is 266 g/mol. The van der Waals surface area contributed by atoms with Crippen LogP contribution in [-0.4, -0.2) is 61.7 Å². The lowest BCUT2D eigenvalue weighted by Crippen LogP contribution is -2.62. The average molecular weight is 266 g/mol. The topological polar surface area (TPSA) is 9.23 Å². The van der Waals surface area contributed by atoms with Crippen molar-refractivity contribution in [3.63, 3.8) is 0 Å². The van der Waals surface area contributed by atoms with E-state index >= 15 is 0 Å². The van der Waals surface area contributed by atoms with Crippen molar-refractivity contribution in [2.45, 2.75) is 38.5 Å². The molecule has 4 bridgehead atoms. The van der Waals surface area contributed by atoms with Crippen LogP contribution >= 0.6 is 0 Å². The summed E-state index contributed by atoms with van der Waals surface area (Å²) in [5.41, 5.74) is 0. The van der Waals surface area contributed by atoms with Crippen molar-refractivity contribution >= 4 is 0 Å². The van der Waals surface area contributed by atoms with E-state index in [-0.39, 0.29) is 0 Å². The summed E-state index contributed by atoms with van der Waals surface area (Å²) in [6, 6.07) is 0. The zero-order valence-corrected chi connectivity index (χ0v) is 12.4. The molecule has 0 aromatic heterocycles. The highest BCUT2D eigenvalue weighted by atomic mass is 16.5. The second kappa shape index (κ2) is 4.71. The van der Waals surface area contributed by atoms with Crippen LogP contribution in [0.15, 0.2) is 0 Å². The van der Waals surface area contributed by atoms with E-state index in [9.17, 15) is 0 Å². The molecular weight excluding hydrogens is 236 g/mol. The molecule has 0 N–H and O–H groups in total. The smallest absolute Gasteiger partial charge is 0.188 e. The fourth-order valence-corrected chi connectivity index (χ4v) is 5.09. The molecule has 0 spiro atoms. The highest BCUT2D eigenvalue weighted by Gasteiger charge is 2.42. The van der Waals surface area contributed by atoms with Crippen molar-refractivity contribution in [3.8, 4) is 0 Å². The second-order valence-corrected chi connectivity index (χ2v) is 7.95. The summed E-state index contributed by atoms with van der Waals surface area (Å²) in [6.07, 6.45) is 8.78. The first-order chi connectivity index (χ1) is 9.28. The van der Waals surface area contributed by atoms with Crippen LogP contribution in [-0.2, 0) is 4.74 Å². The summed E-state index contributed by atoms with van der Waals surface area (Å²) < 4.78 is 8.88. The Morgan fingerprint density at radius 1 is 0.579 bits per heavy atom. The van der Waals surface area contributed by atoms with Gasteiger partial charge >= 0.3 is 0 Å². The van der Waals surface area contributed by atoms with Gasteiger partial charge in [-0.2, -0.15) is 0 Å². The molecule has 6 aliphatic rings. The Bertz CT molecular complexity index is 268. The van der Waals surface area contributed by atoms with Crippen LogP contribution in [0.1, 0.15) is 38.5 Å². The maximum Gasteiger partial charge on any atom is 0.188 e. The van der Waals surface area contributed by atoms with Gasteiger partial charge in [-0.1, -0.05) is 0 Å². The van der Waals surface area contributed by atoms with Gasteiger partial charge < -0.3 is 8.97 Å². The largest absolute Gasteiger partial charge is 0.301 e. The normalized spacial score (nSPS) is 48.6. The third-order valence-corrected chi connectivity index (χ3v) is 6.80. The SMILES string of the molecule is C1C[N+]2(COC[N+]34CCC(CC3)CC4)CCC1CC2. The standard InChI is InChI=1S/C16H30N2O/c1-7-17(8-2-15(1)3-9-17)13-19-14-18-10-4-16(5-11-18)6-12-18/h15-16H,1-14H2/q+2. The van der Waals surface area contributed by atoms with Crippen LogP contribution in [0.5, 0.6) is 0 Å². The van der Waals surface area contributed by atoms with Crippen LogP contribution in [0.3, 0.4) is 0 Å². The number of rotatable bonds is 4. The van der Waals surface area contributed by atoms with Crippen molar-refractivity contribution < 1.29 is 13.7 Å². The second-order valence-electron chi connectivity index (χ2n) is 7.95. The van der Waals surface area contributed by atoms with Gasteiger partial charge in [-0.05, 0) is 50.4 Å². The summed E-state index contributed by atoms with van der Waals surface area (Å²) in [6.45, 7) is 10.4. The molecule has 0 aromatic carbocycles. The van der Waals surface area contributed by atoms with E-state index in [0.29, 0.717) is 0 Å². The summed E-state index contributed by atoms with van der Waals surface area (Å²) in [4.78, 5) is 0. The molecule has 0 unspecified atom stereocenters. The van der Waals surface area contributed by atoms with E-state index in [1.54, 1.807) is 0 Å². The van der Waals surface area contributed by atoms with Crippen molar-refractivity contribution in [3.05, 3.63) is 0 Å². The Kier molecular flexibility index (Phi) is 3.13. The van der Waals surface area contributed by atoms with Crippen LogP contribution < -0.4 is 0 Å². The van der Waals surface area contributed by atoms with E-state index < -0.39 is 0 Å². The van der Waals surface area contributed by atoms with Gasteiger partial charge in [0.15, 0.2) is 13.5 Å². The molecule has 108 valence electrons. The van der Waals surface area contributed by atoms with Crippen LogP contribution in [0.4, 0.5) is 0 Å². The molecule has 0 amide bonds. The first kappa shape index (κ1) is 12.6. The van der Waals surface area contributed by atoms with Crippen molar-refractivity contribution in [1.29, 1.82) is 0 Å². The summed E-state index contributed by atoms with van der Waals surface area (Å²) in [7, 11) is 0. The van der Waals surface area contributed by atoms with Gasteiger partial charge in [0.2, 0.25) is 0 Å². The van der Waals surface area contributed by atoms with E-state index in [1.165, 1.54) is 86.8 Å². The summed E-state index contributed by atoms with van der Waals surface area (Å²) >= 11 is 0. The predicted molar refractivity (Wildman–Crippen MR) is 75.2 cm³/mol. The molecule has 6 rings (SSSR count). The zero-order valence-electron chi connectivity index (χ0n) is 12.4. The Balaban J connectivity index is 1.30. The highest BCUT2D eigenvalue weighted by molar-refractivity contribution is 4.72. The first-order valence-electron chi connectivity index (χ1n) is 8.56. The molecule has 0 atom stereocenters. The number of piperidine rings is 6. The van der Waals surface area contributed by atoms with Crippen LogP contribution in [0.2, 0.25) is 0 Å². The lowest BCUT2D eigenvalue weighted by molar-refractivity contribution is -0.990. The number of ether oxygens (including phenoxy) is 1. The zero-order chi connectivity index (χ0) is 12.8. The molecule has 0 aromatic rings. The van der Waals surface area contributed by atoms with Crippen molar-refractivity contribution in [2.24, 2.45) is 11.8 Å². The minimum atomic E-state index is 1.01. The molecule has 0 aliphatic carbocycles. The van der Waals surface area contributed by atoms with E-state index in [2.05, 4.69) is 0 Å². The lowest BCUT2D eigenvalue weighted by Gasteiger charge is -2.51. The van der Waals surface area contributed by atoms with Crippen molar-refractivity contribution in [2.75, 3.05) is 52.7 Å². The van der Waals surface area contributed by atoms with Gasteiger partial charge in [-0.3, -0.25) is 4.74 Å². The van der Waals surface area contributed by atoms with Crippen LogP contribution in [0, 0.1) is 11.8 Å². The molecule has 6 heterocycles. The molecule has 6 saturated heterocycles. The lowest BCUT2D eigenvalue weighted by atomic mass is 9.86.